The van der Waals surface area contributed by atoms with E-state index in [0.29, 0.717) is 0 Å². The van der Waals surface area contributed by atoms with Crippen molar-refractivity contribution in [2.45, 2.75) is 31.6 Å². The monoisotopic (exact) mass is 231 g/mol. The first-order valence-corrected chi connectivity index (χ1v) is 6.22. The summed E-state index contributed by atoms with van der Waals surface area (Å²) in [6, 6.07) is 6.46. The van der Waals surface area contributed by atoms with Gasteiger partial charge >= 0.3 is 0 Å². The standard InChI is InChI=1S/C15H21NO/c1-15(9-10-16-2)8-4-5-12-6-7-13(17-3)11-14(12)15/h6-7,9-11,16H,4-5,8H2,1-3H3/b10-9-. The first kappa shape index (κ1) is 12.0. The van der Waals surface area contributed by atoms with E-state index in [-0.39, 0.29) is 5.41 Å². The van der Waals surface area contributed by atoms with Crippen LogP contribution in [0.2, 0.25) is 0 Å². The highest BCUT2D eigenvalue weighted by Crippen LogP contribution is 2.39. The Kier molecular flexibility index (Phi) is 3.41. The minimum Gasteiger partial charge on any atom is -0.497 e. The molecule has 0 heterocycles. The molecule has 1 aromatic carbocycles. The van der Waals surface area contributed by atoms with E-state index in [1.807, 2.05) is 13.2 Å². The van der Waals surface area contributed by atoms with E-state index in [1.165, 1.54) is 30.4 Å². The number of ether oxygens (including phenoxy) is 1. The number of benzene rings is 1. The molecular formula is C15H21NO. The van der Waals surface area contributed by atoms with Gasteiger partial charge in [-0.1, -0.05) is 19.1 Å². The molecule has 17 heavy (non-hydrogen) atoms. The van der Waals surface area contributed by atoms with Gasteiger partial charge in [-0.3, -0.25) is 0 Å². The van der Waals surface area contributed by atoms with Gasteiger partial charge in [-0.15, -0.1) is 0 Å². The largest absolute Gasteiger partial charge is 0.497 e. The Bertz CT molecular complexity index is 425. The van der Waals surface area contributed by atoms with Gasteiger partial charge < -0.3 is 10.1 Å². The van der Waals surface area contributed by atoms with Crippen molar-refractivity contribution in [1.29, 1.82) is 0 Å². The summed E-state index contributed by atoms with van der Waals surface area (Å²) in [7, 11) is 3.67. The van der Waals surface area contributed by atoms with E-state index in [0.717, 1.165) is 5.75 Å². The summed E-state index contributed by atoms with van der Waals surface area (Å²) >= 11 is 0. The Balaban J connectivity index is 2.44. The molecule has 0 amide bonds. The molecule has 0 spiro atoms. The Morgan fingerprint density at radius 2 is 2.24 bits per heavy atom. The normalized spacial score (nSPS) is 23.5. The molecule has 0 saturated heterocycles. The van der Waals surface area contributed by atoms with Gasteiger partial charge in [0, 0.05) is 12.5 Å². The number of methoxy groups -OCH3 is 1. The fraction of sp³-hybridized carbons (Fsp3) is 0.467. The second-order valence-electron chi connectivity index (χ2n) is 4.92. The van der Waals surface area contributed by atoms with E-state index in [1.54, 1.807) is 7.11 Å². The molecule has 2 heteroatoms. The molecule has 0 bridgehead atoms. The minimum absolute atomic E-state index is 0.130. The molecule has 2 nitrogen and oxygen atoms in total. The molecule has 0 radical (unpaired) electrons. The van der Waals surface area contributed by atoms with Crippen LogP contribution < -0.4 is 10.1 Å². The molecule has 1 N–H and O–H groups in total. The van der Waals surface area contributed by atoms with E-state index in [2.05, 4.69) is 36.5 Å². The van der Waals surface area contributed by atoms with Crippen molar-refractivity contribution < 1.29 is 4.74 Å². The molecule has 1 aliphatic carbocycles. The van der Waals surface area contributed by atoms with Gasteiger partial charge in [0.05, 0.1) is 7.11 Å². The first-order chi connectivity index (χ1) is 8.19. The SMILES string of the molecule is CN/C=C\C1(C)CCCc2ccc(OC)cc21. The summed E-state index contributed by atoms with van der Waals surface area (Å²) < 4.78 is 5.34. The van der Waals surface area contributed by atoms with Crippen molar-refractivity contribution in [1.82, 2.24) is 5.32 Å². The summed E-state index contributed by atoms with van der Waals surface area (Å²) in [5.41, 5.74) is 3.00. The highest BCUT2D eigenvalue weighted by molar-refractivity contribution is 5.44. The van der Waals surface area contributed by atoms with E-state index >= 15 is 0 Å². The zero-order chi connectivity index (χ0) is 12.3. The van der Waals surface area contributed by atoms with Crippen molar-refractivity contribution >= 4 is 0 Å². The number of rotatable bonds is 3. The number of hydrogen-bond donors (Lipinski definition) is 1. The highest BCUT2D eigenvalue weighted by atomic mass is 16.5. The lowest BCUT2D eigenvalue weighted by atomic mass is 9.71. The fourth-order valence-corrected chi connectivity index (χ4v) is 2.65. The average Bonchev–Trinajstić information content (AvgIpc) is 2.37. The van der Waals surface area contributed by atoms with Crippen LogP contribution in [0, 0.1) is 0 Å². The lowest BCUT2D eigenvalue weighted by Crippen LogP contribution is -2.25. The van der Waals surface area contributed by atoms with Crippen LogP contribution in [0.25, 0.3) is 0 Å². The van der Waals surface area contributed by atoms with Crippen molar-refractivity contribution in [2.24, 2.45) is 0 Å². The Labute approximate surface area is 104 Å². The predicted octanol–water partition coefficient (Wildman–Crippen LogP) is 3.02. The van der Waals surface area contributed by atoms with Crippen LogP contribution in [0.3, 0.4) is 0 Å². The van der Waals surface area contributed by atoms with Crippen molar-refractivity contribution in [3.8, 4) is 5.75 Å². The second-order valence-corrected chi connectivity index (χ2v) is 4.92. The second kappa shape index (κ2) is 4.82. The van der Waals surface area contributed by atoms with Crippen molar-refractivity contribution in [3.63, 3.8) is 0 Å². The zero-order valence-electron chi connectivity index (χ0n) is 10.9. The van der Waals surface area contributed by atoms with Crippen molar-refractivity contribution in [3.05, 3.63) is 41.6 Å². The maximum absolute atomic E-state index is 5.34. The van der Waals surface area contributed by atoms with Gasteiger partial charge in [0.15, 0.2) is 0 Å². The van der Waals surface area contributed by atoms with Gasteiger partial charge in [0.1, 0.15) is 5.75 Å². The maximum Gasteiger partial charge on any atom is 0.119 e. The quantitative estimate of drug-likeness (QED) is 0.863. The molecule has 0 aromatic heterocycles. The van der Waals surface area contributed by atoms with Crippen LogP contribution in [-0.2, 0) is 11.8 Å². The Morgan fingerprint density at radius 3 is 2.94 bits per heavy atom. The first-order valence-electron chi connectivity index (χ1n) is 6.22. The summed E-state index contributed by atoms with van der Waals surface area (Å²) in [6.07, 6.45) is 7.94. The van der Waals surface area contributed by atoms with E-state index < -0.39 is 0 Å². The minimum atomic E-state index is 0.130. The van der Waals surface area contributed by atoms with Crippen LogP contribution in [-0.4, -0.2) is 14.2 Å². The molecular weight excluding hydrogens is 210 g/mol. The van der Waals surface area contributed by atoms with E-state index in [9.17, 15) is 0 Å². The van der Waals surface area contributed by atoms with Crippen LogP contribution in [0.5, 0.6) is 5.75 Å². The Hall–Kier alpha value is -1.44. The lowest BCUT2D eigenvalue weighted by Gasteiger charge is -2.33. The van der Waals surface area contributed by atoms with Crippen LogP contribution in [0.4, 0.5) is 0 Å². The molecule has 2 rings (SSSR count). The lowest BCUT2D eigenvalue weighted by molar-refractivity contribution is 0.409. The van der Waals surface area contributed by atoms with E-state index in [4.69, 9.17) is 4.74 Å². The van der Waals surface area contributed by atoms with Gasteiger partial charge in [0.25, 0.3) is 0 Å². The average molecular weight is 231 g/mol. The topological polar surface area (TPSA) is 21.3 Å². The third kappa shape index (κ3) is 2.31. The summed E-state index contributed by atoms with van der Waals surface area (Å²) in [5.74, 6) is 0.953. The molecule has 1 aromatic rings. The van der Waals surface area contributed by atoms with Gasteiger partial charge in [-0.05, 0) is 48.7 Å². The van der Waals surface area contributed by atoms with Gasteiger partial charge in [-0.25, -0.2) is 0 Å². The number of nitrogens with one attached hydrogen (secondary N) is 1. The van der Waals surface area contributed by atoms with Crippen LogP contribution in [0.15, 0.2) is 30.5 Å². The number of hydrogen-bond acceptors (Lipinski definition) is 2. The molecule has 1 atom stereocenters. The van der Waals surface area contributed by atoms with Gasteiger partial charge in [0.2, 0.25) is 0 Å². The number of fused-ring (bicyclic) bond motifs is 1. The van der Waals surface area contributed by atoms with Crippen LogP contribution >= 0.6 is 0 Å². The van der Waals surface area contributed by atoms with Gasteiger partial charge in [-0.2, -0.15) is 0 Å². The molecule has 1 unspecified atom stereocenters. The number of allylic oxidation sites excluding steroid dienone is 1. The van der Waals surface area contributed by atoms with Crippen LogP contribution in [0.1, 0.15) is 30.9 Å². The summed E-state index contributed by atoms with van der Waals surface area (Å²) in [6.45, 7) is 2.30. The summed E-state index contributed by atoms with van der Waals surface area (Å²) in [4.78, 5) is 0. The predicted molar refractivity (Wildman–Crippen MR) is 71.5 cm³/mol. The fourth-order valence-electron chi connectivity index (χ4n) is 2.65. The number of aryl methyl sites for hydroxylation is 1. The van der Waals surface area contributed by atoms with Crippen molar-refractivity contribution in [2.75, 3.05) is 14.2 Å². The Morgan fingerprint density at radius 1 is 1.41 bits per heavy atom. The molecule has 92 valence electrons. The highest BCUT2D eigenvalue weighted by Gasteiger charge is 2.29. The molecule has 0 saturated carbocycles. The third-order valence-electron chi connectivity index (χ3n) is 3.69. The molecule has 1 aliphatic rings. The molecule has 0 aliphatic heterocycles. The zero-order valence-corrected chi connectivity index (χ0v) is 10.9. The summed E-state index contributed by atoms with van der Waals surface area (Å²) in [5, 5.41) is 3.09. The maximum atomic E-state index is 5.34. The molecule has 0 fully saturated rings. The smallest absolute Gasteiger partial charge is 0.119 e. The third-order valence-corrected chi connectivity index (χ3v) is 3.69.